The molecule has 0 spiro atoms. The van der Waals surface area contributed by atoms with Crippen LogP contribution in [-0.2, 0) is 4.79 Å². The Hall–Kier alpha value is -1.78. The van der Waals surface area contributed by atoms with E-state index in [0.29, 0.717) is 13.0 Å². The van der Waals surface area contributed by atoms with Gasteiger partial charge in [0.2, 0.25) is 5.91 Å². The predicted molar refractivity (Wildman–Crippen MR) is 56.3 cm³/mol. The number of hydrogen-bond acceptors (Lipinski definition) is 1. The SMILES string of the molecule is O=C1CCCN1C=Cc1ccc(F)c(F)c1F. The summed E-state index contributed by atoms with van der Waals surface area (Å²) in [4.78, 5) is 12.7. The van der Waals surface area contributed by atoms with Crippen LogP contribution in [-0.4, -0.2) is 17.4 Å². The number of nitrogens with zero attached hydrogens (tertiary/aromatic N) is 1. The summed E-state index contributed by atoms with van der Waals surface area (Å²) in [7, 11) is 0. The highest BCUT2D eigenvalue weighted by Crippen LogP contribution is 2.17. The van der Waals surface area contributed by atoms with Crippen molar-refractivity contribution in [3.63, 3.8) is 0 Å². The van der Waals surface area contributed by atoms with Crippen molar-refractivity contribution in [2.75, 3.05) is 6.54 Å². The van der Waals surface area contributed by atoms with Crippen LogP contribution >= 0.6 is 0 Å². The molecule has 17 heavy (non-hydrogen) atoms. The van der Waals surface area contributed by atoms with Crippen molar-refractivity contribution >= 4 is 12.0 Å². The molecule has 0 bridgehead atoms. The number of halogens is 3. The van der Waals surface area contributed by atoms with Crippen molar-refractivity contribution in [3.8, 4) is 0 Å². The minimum atomic E-state index is -1.50. The molecule has 90 valence electrons. The van der Waals surface area contributed by atoms with E-state index in [1.54, 1.807) is 0 Å². The van der Waals surface area contributed by atoms with Gasteiger partial charge in [0, 0.05) is 24.7 Å². The van der Waals surface area contributed by atoms with Crippen molar-refractivity contribution in [1.82, 2.24) is 4.90 Å². The first-order valence-electron chi connectivity index (χ1n) is 5.21. The van der Waals surface area contributed by atoms with E-state index in [2.05, 4.69) is 0 Å². The molecular formula is C12H10F3NO. The lowest BCUT2D eigenvalue weighted by atomic mass is 10.2. The van der Waals surface area contributed by atoms with Gasteiger partial charge in [0.15, 0.2) is 17.5 Å². The highest BCUT2D eigenvalue weighted by molar-refractivity contribution is 5.79. The first kappa shape index (κ1) is 11.7. The summed E-state index contributed by atoms with van der Waals surface area (Å²) in [6.45, 7) is 0.570. The van der Waals surface area contributed by atoms with E-state index in [4.69, 9.17) is 0 Å². The van der Waals surface area contributed by atoms with Crippen LogP contribution in [0.25, 0.3) is 6.08 Å². The summed E-state index contributed by atoms with van der Waals surface area (Å²) in [5.74, 6) is -4.02. The predicted octanol–water partition coefficient (Wildman–Crippen LogP) is 2.70. The standard InChI is InChI=1S/C12H10F3NO/c13-9-4-3-8(11(14)12(9)15)5-7-16-6-1-2-10(16)17/h3-5,7H,1-2,6H2. The molecule has 1 aromatic carbocycles. The van der Waals surface area contributed by atoms with Gasteiger partial charge >= 0.3 is 0 Å². The van der Waals surface area contributed by atoms with Gasteiger partial charge in [-0.1, -0.05) is 0 Å². The molecule has 0 N–H and O–H groups in total. The van der Waals surface area contributed by atoms with Crippen LogP contribution in [0.3, 0.4) is 0 Å². The first-order valence-corrected chi connectivity index (χ1v) is 5.21. The Morgan fingerprint density at radius 1 is 1.18 bits per heavy atom. The maximum atomic E-state index is 13.3. The van der Waals surface area contributed by atoms with Gasteiger partial charge in [-0.2, -0.15) is 0 Å². The zero-order chi connectivity index (χ0) is 12.4. The average molecular weight is 241 g/mol. The molecule has 0 unspecified atom stereocenters. The quantitative estimate of drug-likeness (QED) is 0.729. The lowest BCUT2D eigenvalue weighted by molar-refractivity contribution is -0.125. The molecule has 1 heterocycles. The Labute approximate surface area is 96.3 Å². The summed E-state index contributed by atoms with van der Waals surface area (Å²) < 4.78 is 38.8. The second-order valence-corrected chi connectivity index (χ2v) is 3.77. The number of carbonyl (C=O) groups is 1. The van der Waals surface area contributed by atoms with Gasteiger partial charge in [0.1, 0.15) is 0 Å². The molecule has 0 atom stereocenters. The number of hydrogen-bond donors (Lipinski definition) is 0. The second kappa shape index (κ2) is 4.61. The number of carbonyl (C=O) groups excluding carboxylic acids is 1. The summed E-state index contributed by atoms with van der Waals surface area (Å²) >= 11 is 0. The zero-order valence-electron chi connectivity index (χ0n) is 8.92. The van der Waals surface area contributed by atoms with Crippen molar-refractivity contribution in [3.05, 3.63) is 41.3 Å². The van der Waals surface area contributed by atoms with Crippen LogP contribution in [0.2, 0.25) is 0 Å². The maximum Gasteiger partial charge on any atom is 0.226 e. The topological polar surface area (TPSA) is 20.3 Å². The molecule has 1 aromatic rings. The fourth-order valence-electron chi connectivity index (χ4n) is 1.67. The third-order valence-electron chi connectivity index (χ3n) is 2.61. The van der Waals surface area contributed by atoms with Crippen LogP contribution in [0.5, 0.6) is 0 Å². The summed E-state index contributed by atoms with van der Waals surface area (Å²) in [5, 5.41) is 0. The Balaban J connectivity index is 2.21. The maximum absolute atomic E-state index is 13.3. The van der Waals surface area contributed by atoms with E-state index >= 15 is 0 Å². The highest BCUT2D eigenvalue weighted by atomic mass is 19.2. The summed E-state index contributed by atoms with van der Waals surface area (Å²) in [6.07, 6.45) is 3.88. The van der Waals surface area contributed by atoms with Crippen LogP contribution in [0.4, 0.5) is 13.2 Å². The third kappa shape index (κ3) is 2.33. The number of amides is 1. The molecule has 1 saturated heterocycles. The molecule has 0 aliphatic carbocycles. The average Bonchev–Trinajstić information content (AvgIpc) is 2.71. The molecule has 2 rings (SSSR count). The molecule has 0 radical (unpaired) electrons. The van der Waals surface area contributed by atoms with E-state index in [-0.39, 0.29) is 11.5 Å². The molecule has 1 fully saturated rings. The Morgan fingerprint density at radius 3 is 2.59 bits per heavy atom. The number of likely N-dealkylation sites (tertiary alicyclic amines) is 1. The lowest BCUT2D eigenvalue weighted by Gasteiger charge is -2.08. The van der Waals surface area contributed by atoms with Gasteiger partial charge in [0.05, 0.1) is 0 Å². The smallest absolute Gasteiger partial charge is 0.226 e. The van der Waals surface area contributed by atoms with Gasteiger partial charge in [-0.05, 0) is 24.6 Å². The van der Waals surface area contributed by atoms with E-state index in [9.17, 15) is 18.0 Å². The molecule has 5 heteroatoms. The highest BCUT2D eigenvalue weighted by Gasteiger charge is 2.18. The van der Waals surface area contributed by atoms with Crippen molar-refractivity contribution < 1.29 is 18.0 Å². The Morgan fingerprint density at radius 2 is 1.94 bits per heavy atom. The number of rotatable bonds is 2. The Kier molecular flexibility index (Phi) is 3.17. The third-order valence-corrected chi connectivity index (χ3v) is 2.61. The van der Waals surface area contributed by atoms with E-state index < -0.39 is 17.5 Å². The van der Waals surface area contributed by atoms with Crippen molar-refractivity contribution in [2.45, 2.75) is 12.8 Å². The molecule has 2 nitrogen and oxygen atoms in total. The largest absolute Gasteiger partial charge is 0.319 e. The summed E-state index contributed by atoms with van der Waals surface area (Å²) in [5.41, 5.74) is -0.0800. The van der Waals surface area contributed by atoms with Crippen LogP contribution in [0.1, 0.15) is 18.4 Å². The molecule has 1 aliphatic rings. The van der Waals surface area contributed by atoms with Gasteiger partial charge in [0.25, 0.3) is 0 Å². The van der Waals surface area contributed by atoms with Gasteiger partial charge in [-0.25, -0.2) is 13.2 Å². The number of benzene rings is 1. The minimum absolute atomic E-state index is 0.0516. The fraction of sp³-hybridized carbons (Fsp3) is 0.250. The van der Waals surface area contributed by atoms with Gasteiger partial charge in [-0.15, -0.1) is 0 Å². The lowest BCUT2D eigenvalue weighted by Crippen LogP contribution is -2.17. The Bertz CT molecular complexity index is 485. The van der Waals surface area contributed by atoms with E-state index in [1.807, 2.05) is 0 Å². The zero-order valence-corrected chi connectivity index (χ0v) is 8.92. The molecule has 1 amide bonds. The fourth-order valence-corrected chi connectivity index (χ4v) is 1.67. The molecule has 1 aliphatic heterocycles. The second-order valence-electron chi connectivity index (χ2n) is 3.77. The molecular weight excluding hydrogens is 231 g/mol. The van der Waals surface area contributed by atoms with Crippen LogP contribution < -0.4 is 0 Å². The van der Waals surface area contributed by atoms with Crippen molar-refractivity contribution in [1.29, 1.82) is 0 Å². The normalized spacial score (nSPS) is 16.2. The minimum Gasteiger partial charge on any atom is -0.319 e. The van der Waals surface area contributed by atoms with E-state index in [1.165, 1.54) is 17.2 Å². The van der Waals surface area contributed by atoms with Crippen molar-refractivity contribution in [2.24, 2.45) is 0 Å². The van der Waals surface area contributed by atoms with Gasteiger partial charge < -0.3 is 4.90 Å². The van der Waals surface area contributed by atoms with Crippen LogP contribution in [0.15, 0.2) is 18.3 Å². The van der Waals surface area contributed by atoms with Gasteiger partial charge in [-0.3, -0.25) is 4.79 Å². The monoisotopic (exact) mass is 241 g/mol. The van der Waals surface area contributed by atoms with Crippen LogP contribution in [0, 0.1) is 17.5 Å². The molecule has 0 saturated carbocycles. The van der Waals surface area contributed by atoms with E-state index in [0.717, 1.165) is 18.6 Å². The first-order chi connectivity index (χ1) is 8.09. The molecule has 0 aromatic heterocycles. The summed E-state index contributed by atoms with van der Waals surface area (Å²) in [6, 6.07) is 1.98.